The molecule has 0 bridgehead atoms. The van der Waals surface area contributed by atoms with Crippen LogP contribution in [0.2, 0.25) is 0 Å². The summed E-state index contributed by atoms with van der Waals surface area (Å²) in [4.78, 5) is 35.6. The van der Waals surface area contributed by atoms with Crippen LogP contribution in [0.4, 0.5) is 10.5 Å². The van der Waals surface area contributed by atoms with E-state index in [1.165, 1.54) is 0 Å². The van der Waals surface area contributed by atoms with Crippen LogP contribution in [0.3, 0.4) is 0 Å². The largest absolute Gasteiger partial charge is 0.368 e. The Morgan fingerprint density at radius 1 is 1.08 bits per heavy atom. The number of ether oxygens (including phenoxy) is 1. The molecule has 1 aromatic rings. The van der Waals surface area contributed by atoms with E-state index in [4.69, 9.17) is 4.74 Å². The maximum absolute atomic E-state index is 12.1. The number of amides is 4. The molecule has 1 aromatic carbocycles. The van der Waals surface area contributed by atoms with E-state index in [0.717, 1.165) is 19.3 Å². The van der Waals surface area contributed by atoms with E-state index in [0.29, 0.717) is 24.3 Å². The number of hydrogen-bond acceptors (Lipinski definition) is 4. The van der Waals surface area contributed by atoms with Gasteiger partial charge in [-0.2, -0.15) is 0 Å². The summed E-state index contributed by atoms with van der Waals surface area (Å²) in [6.07, 6.45) is 2.98. The molecule has 2 aliphatic rings. The molecule has 128 valence electrons. The van der Waals surface area contributed by atoms with Crippen molar-refractivity contribution in [1.82, 2.24) is 16.2 Å². The third kappa shape index (κ3) is 4.45. The van der Waals surface area contributed by atoms with E-state index in [2.05, 4.69) is 21.5 Å². The van der Waals surface area contributed by atoms with Crippen LogP contribution in [0.1, 0.15) is 36.0 Å². The van der Waals surface area contributed by atoms with Crippen LogP contribution in [-0.4, -0.2) is 36.6 Å². The SMILES string of the molecule is O=C(Nc1cccc(C(=O)NNC(=O)[C@H]2CCCO2)c1)NC1CC1. The molecule has 1 aliphatic heterocycles. The van der Waals surface area contributed by atoms with Crippen LogP contribution in [-0.2, 0) is 9.53 Å². The van der Waals surface area contributed by atoms with Crippen LogP contribution in [0.25, 0.3) is 0 Å². The first-order valence-electron chi connectivity index (χ1n) is 8.01. The Morgan fingerprint density at radius 3 is 2.62 bits per heavy atom. The lowest BCUT2D eigenvalue weighted by atomic mass is 10.2. The Hall–Kier alpha value is -2.61. The number of rotatable bonds is 4. The fourth-order valence-corrected chi connectivity index (χ4v) is 2.37. The van der Waals surface area contributed by atoms with Gasteiger partial charge in [0.25, 0.3) is 11.8 Å². The van der Waals surface area contributed by atoms with Gasteiger partial charge >= 0.3 is 6.03 Å². The van der Waals surface area contributed by atoms with Gasteiger partial charge in [0.05, 0.1) is 0 Å². The van der Waals surface area contributed by atoms with Gasteiger partial charge in [0.15, 0.2) is 0 Å². The average Bonchev–Trinajstić information content (AvgIpc) is 3.21. The van der Waals surface area contributed by atoms with Crippen LogP contribution >= 0.6 is 0 Å². The fourth-order valence-electron chi connectivity index (χ4n) is 2.37. The summed E-state index contributed by atoms with van der Waals surface area (Å²) in [5.74, 6) is -0.827. The molecular formula is C16H20N4O4. The number of hydrazine groups is 1. The molecule has 1 aliphatic carbocycles. The smallest absolute Gasteiger partial charge is 0.319 e. The second-order valence-corrected chi connectivity index (χ2v) is 5.90. The van der Waals surface area contributed by atoms with Gasteiger partial charge in [-0.15, -0.1) is 0 Å². The van der Waals surface area contributed by atoms with Gasteiger partial charge in [0.2, 0.25) is 0 Å². The van der Waals surface area contributed by atoms with E-state index in [9.17, 15) is 14.4 Å². The van der Waals surface area contributed by atoms with Crippen molar-refractivity contribution in [2.24, 2.45) is 0 Å². The normalized spacial score (nSPS) is 19.4. The van der Waals surface area contributed by atoms with Crippen molar-refractivity contribution in [2.45, 2.75) is 37.8 Å². The lowest BCUT2D eigenvalue weighted by Gasteiger charge is -2.12. The monoisotopic (exact) mass is 332 g/mol. The number of hydrogen-bond donors (Lipinski definition) is 4. The minimum atomic E-state index is -0.510. The van der Waals surface area contributed by atoms with Crippen molar-refractivity contribution in [3.63, 3.8) is 0 Å². The van der Waals surface area contributed by atoms with E-state index >= 15 is 0 Å². The van der Waals surface area contributed by atoms with Crippen LogP contribution in [0.15, 0.2) is 24.3 Å². The molecule has 1 saturated heterocycles. The lowest BCUT2D eigenvalue weighted by Crippen LogP contribution is -2.46. The molecule has 3 rings (SSSR count). The Morgan fingerprint density at radius 2 is 1.92 bits per heavy atom. The van der Waals surface area contributed by atoms with E-state index in [1.807, 2.05) is 0 Å². The van der Waals surface area contributed by atoms with E-state index in [1.54, 1.807) is 24.3 Å². The summed E-state index contributed by atoms with van der Waals surface area (Å²) in [5, 5.41) is 5.48. The first kappa shape index (κ1) is 16.3. The van der Waals surface area contributed by atoms with E-state index < -0.39 is 12.0 Å². The molecular weight excluding hydrogens is 312 g/mol. The van der Waals surface area contributed by atoms with Gasteiger partial charge in [-0.05, 0) is 43.9 Å². The van der Waals surface area contributed by atoms with Crippen molar-refractivity contribution in [3.8, 4) is 0 Å². The highest BCUT2D eigenvalue weighted by atomic mass is 16.5. The van der Waals surface area contributed by atoms with Gasteiger partial charge in [-0.3, -0.25) is 20.4 Å². The predicted octanol–water partition coefficient (Wildman–Crippen LogP) is 0.910. The molecule has 8 heteroatoms. The van der Waals surface area contributed by atoms with Crippen molar-refractivity contribution in [1.29, 1.82) is 0 Å². The van der Waals surface area contributed by atoms with Gasteiger partial charge in [0, 0.05) is 23.9 Å². The molecule has 0 radical (unpaired) electrons. The highest BCUT2D eigenvalue weighted by molar-refractivity contribution is 5.98. The molecule has 8 nitrogen and oxygen atoms in total. The maximum atomic E-state index is 12.1. The number of carbonyl (C=O) groups excluding carboxylic acids is 3. The Labute approximate surface area is 139 Å². The first-order chi connectivity index (χ1) is 11.6. The molecule has 4 amide bonds. The predicted molar refractivity (Wildman–Crippen MR) is 86.2 cm³/mol. The molecule has 0 unspecified atom stereocenters. The summed E-state index contributed by atoms with van der Waals surface area (Å²) in [7, 11) is 0. The molecule has 1 atom stereocenters. The molecule has 4 N–H and O–H groups in total. The molecule has 1 heterocycles. The zero-order valence-electron chi connectivity index (χ0n) is 13.1. The second-order valence-electron chi connectivity index (χ2n) is 5.90. The Balaban J connectivity index is 1.51. The summed E-state index contributed by atoms with van der Waals surface area (Å²) >= 11 is 0. The van der Waals surface area contributed by atoms with E-state index in [-0.39, 0.29) is 18.0 Å². The molecule has 1 saturated carbocycles. The molecule has 0 aromatic heterocycles. The maximum Gasteiger partial charge on any atom is 0.319 e. The number of carbonyl (C=O) groups is 3. The van der Waals surface area contributed by atoms with Crippen molar-refractivity contribution >= 4 is 23.5 Å². The number of benzene rings is 1. The minimum Gasteiger partial charge on any atom is -0.368 e. The van der Waals surface area contributed by atoms with Crippen molar-refractivity contribution < 1.29 is 19.1 Å². The van der Waals surface area contributed by atoms with Crippen molar-refractivity contribution in [2.75, 3.05) is 11.9 Å². The molecule has 24 heavy (non-hydrogen) atoms. The third-order valence-electron chi connectivity index (χ3n) is 3.82. The highest BCUT2D eigenvalue weighted by Crippen LogP contribution is 2.19. The van der Waals surface area contributed by atoms with Crippen LogP contribution in [0, 0.1) is 0 Å². The lowest BCUT2D eigenvalue weighted by molar-refractivity contribution is -0.130. The van der Waals surface area contributed by atoms with Crippen LogP contribution in [0.5, 0.6) is 0 Å². The third-order valence-corrected chi connectivity index (χ3v) is 3.82. The summed E-state index contributed by atoms with van der Waals surface area (Å²) in [5.41, 5.74) is 5.54. The standard InChI is InChI=1S/C16H20N4O4/c21-14(19-20-15(22)13-5-2-8-24-13)10-3-1-4-12(9-10)18-16(23)17-11-6-7-11/h1,3-4,9,11,13H,2,5-8H2,(H,19,21)(H,20,22)(H2,17,18,23)/t13-/m1/s1. The molecule has 2 fully saturated rings. The minimum absolute atomic E-state index is 0.254. The fraction of sp³-hybridized carbons (Fsp3) is 0.438. The average molecular weight is 332 g/mol. The first-order valence-corrected chi connectivity index (χ1v) is 8.01. The second kappa shape index (κ2) is 7.31. The Kier molecular flexibility index (Phi) is 4.95. The van der Waals surface area contributed by atoms with Gasteiger partial charge in [0.1, 0.15) is 6.10 Å². The number of nitrogens with one attached hydrogen (secondary N) is 4. The number of anilines is 1. The van der Waals surface area contributed by atoms with Gasteiger partial charge < -0.3 is 15.4 Å². The topological polar surface area (TPSA) is 109 Å². The van der Waals surface area contributed by atoms with Gasteiger partial charge in [-0.1, -0.05) is 6.07 Å². The zero-order chi connectivity index (χ0) is 16.9. The number of urea groups is 1. The highest BCUT2D eigenvalue weighted by Gasteiger charge is 2.24. The summed E-state index contributed by atoms with van der Waals surface area (Å²) in [6, 6.07) is 6.45. The van der Waals surface area contributed by atoms with Crippen LogP contribution < -0.4 is 21.5 Å². The summed E-state index contributed by atoms with van der Waals surface area (Å²) in [6.45, 7) is 0.558. The zero-order valence-corrected chi connectivity index (χ0v) is 13.1. The Bertz CT molecular complexity index is 639. The summed E-state index contributed by atoms with van der Waals surface area (Å²) < 4.78 is 5.23. The van der Waals surface area contributed by atoms with Crippen molar-refractivity contribution in [3.05, 3.63) is 29.8 Å². The molecule has 0 spiro atoms. The quantitative estimate of drug-likeness (QED) is 0.615. The van der Waals surface area contributed by atoms with Gasteiger partial charge in [-0.25, -0.2) is 4.79 Å².